The minimum atomic E-state index is -0.105. The second-order valence-electron chi connectivity index (χ2n) is 8.20. The highest BCUT2D eigenvalue weighted by molar-refractivity contribution is 6.04. The SMILES string of the molecule is Cc1ccc(C)c(NC(=O)c2ccc3ccc(N4CCN(c5ncccn5)CC4)n3c2)c1. The predicted molar refractivity (Wildman–Crippen MR) is 128 cm³/mol. The number of hydrogen-bond acceptors (Lipinski definition) is 5. The summed E-state index contributed by atoms with van der Waals surface area (Å²) in [4.78, 5) is 26.2. The number of anilines is 3. The highest BCUT2D eigenvalue weighted by atomic mass is 16.1. The molecule has 0 saturated carbocycles. The Bertz CT molecular complexity index is 1260. The van der Waals surface area contributed by atoms with Crippen molar-refractivity contribution in [1.82, 2.24) is 14.4 Å². The topological polar surface area (TPSA) is 65.8 Å². The van der Waals surface area contributed by atoms with E-state index in [0.29, 0.717) is 5.56 Å². The first-order chi connectivity index (χ1) is 15.6. The molecule has 1 N–H and O–H groups in total. The van der Waals surface area contributed by atoms with Crippen molar-refractivity contribution < 1.29 is 4.79 Å². The van der Waals surface area contributed by atoms with Gasteiger partial charge in [-0.3, -0.25) is 4.79 Å². The van der Waals surface area contributed by atoms with Gasteiger partial charge < -0.3 is 19.5 Å². The minimum Gasteiger partial charge on any atom is -0.354 e. The number of carbonyl (C=O) groups excluding carboxylic acids is 1. The van der Waals surface area contributed by atoms with Crippen LogP contribution < -0.4 is 15.1 Å². The summed E-state index contributed by atoms with van der Waals surface area (Å²) in [6, 6.07) is 16.0. The van der Waals surface area contributed by atoms with Gasteiger partial charge in [-0.15, -0.1) is 0 Å². The number of carbonyl (C=O) groups is 1. The lowest BCUT2D eigenvalue weighted by Crippen LogP contribution is -2.47. The van der Waals surface area contributed by atoms with Gasteiger partial charge in [0.25, 0.3) is 5.91 Å². The van der Waals surface area contributed by atoms with Crippen LogP contribution in [-0.2, 0) is 0 Å². The van der Waals surface area contributed by atoms with Crippen LogP contribution in [0.5, 0.6) is 0 Å². The molecular weight excluding hydrogens is 400 g/mol. The Balaban J connectivity index is 1.35. The number of hydrogen-bond donors (Lipinski definition) is 1. The van der Waals surface area contributed by atoms with Crippen LogP contribution in [0.25, 0.3) is 5.52 Å². The maximum atomic E-state index is 13.0. The third kappa shape index (κ3) is 3.89. The number of rotatable bonds is 4. The van der Waals surface area contributed by atoms with Crippen molar-refractivity contribution in [3.63, 3.8) is 0 Å². The van der Waals surface area contributed by atoms with Gasteiger partial charge in [0.15, 0.2) is 0 Å². The molecule has 1 aliphatic heterocycles. The molecule has 1 fully saturated rings. The van der Waals surface area contributed by atoms with E-state index in [9.17, 15) is 4.79 Å². The largest absolute Gasteiger partial charge is 0.354 e. The zero-order chi connectivity index (χ0) is 22.1. The van der Waals surface area contributed by atoms with E-state index in [0.717, 1.165) is 60.3 Å². The zero-order valence-electron chi connectivity index (χ0n) is 18.3. The summed E-state index contributed by atoms with van der Waals surface area (Å²) in [5.74, 6) is 1.76. The average Bonchev–Trinajstić information content (AvgIpc) is 3.25. The Hall–Kier alpha value is -3.87. The van der Waals surface area contributed by atoms with Gasteiger partial charge in [-0.25, -0.2) is 9.97 Å². The van der Waals surface area contributed by atoms with Gasteiger partial charge in [0.1, 0.15) is 5.82 Å². The lowest BCUT2D eigenvalue weighted by atomic mass is 10.1. The normalized spacial score (nSPS) is 14.1. The van der Waals surface area contributed by atoms with Crippen molar-refractivity contribution in [2.45, 2.75) is 13.8 Å². The fraction of sp³-hybridized carbons (Fsp3) is 0.240. The smallest absolute Gasteiger partial charge is 0.257 e. The Morgan fingerprint density at radius 3 is 2.41 bits per heavy atom. The first-order valence-electron chi connectivity index (χ1n) is 10.9. The van der Waals surface area contributed by atoms with E-state index in [4.69, 9.17) is 0 Å². The Morgan fingerprint density at radius 2 is 1.62 bits per heavy atom. The van der Waals surface area contributed by atoms with E-state index >= 15 is 0 Å². The van der Waals surface area contributed by atoms with E-state index in [1.54, 1.807) is 12.4 Å². The summed E-state index contributed by atoms with van der Waals surface area (Å²) >= 11 is 0. The second-order valence-corrected chi connectivity index (χ2v) is 8.20. The molecule has 0 unspecified atom stereocenters. The maximum Gasteiger partial charge on any atom is 0.257 e. The molecule has 3 aromatic heterocycles. The van der Waals surface area contributed by atoms with E-state index < -0.39 is 0 Å². The van der Waals surface area contributed by atoms with Crippen LogP contribution in [0, 0.1) is 13.8 Å². The van der Waals surface area contributed by atoms with E-state index in [1.807, 2.05) is 56.4 Å². The van der Waals surface area contributed by atoms with Crippen molar-refractivity contribution >= 4 is 28.9 Å². The Morgan fingerprint density at radius 1 is 0.906 bits per heavy atom. The van der Waals surface area contributed by atoms with Gasteiger partial charge in [0.2, 0.25) is 5.95 Å². The van der Waals surface area contributed by atoms with Gasteiger partial charge >= 0.3 is 0 Å². The number of fused-ring (bicyclic) bond motifs is 1. The van der Waals surface area contributed by atoms with E-state index in [-0.39, 0.29) is 5.91 Å². The number of aryl methyl sites for hydroxylation is 2. The Labute approximate surface area is 187 Å². The predicted octanol–water partition coefficient (Wildman–Crippen LogP) is 3.93. The lowest BCUT2D eigenvalue weighted by Gasteiger charge is -2.35. The van der Waals surface area contributed by atoms with Gasteiger partial charge in [0, 0.05) is 56.0 Å². The molecule has 7 nitrogen and oxygen atoms in total. The summed E-state index contributed by atoms with van der Waals surface area (Å²) in [7, 11) is 0. The maximum absolute atomic E-state index is 13.0. The molecule has 162 valence electrons. The van der Waals surface area contributed by atoms with E-state index in [1.165, 1.54) is 0 Å². The van der Waals surface area contributed by atoms with E-state index in [2.05, 4.69) is 41.6 Å². The number of nitrogens with zero attached hydrogens (tertiary/aromatic N) is 5. The van der Waals surface area contributed by atoms with Crippen LogP contribution in [0.2, 0.25) is 0 Å². The lowest BCUT2D eigenvalue weighted by molar-refractivity contribution is 0.102. The molecule has 0 atom stereocenters. The molecule has 1 amide bonds. The quantitative estimate of drug-likeness (QED) is 0.536. The first-order valence-corrected chi connectivity index (χ1v) is 10.9. The van der Waals surface area contributed by atoms with Gasteiger partial charge in [-0.2, -0.15) is 0 Å². The average molecular weight is 427 g/mol. The summed E-state index contributed by atoms with van der Waals surface area (Å²) in [5.41, 5.74) is 4.72. The summed E-state index contributed by atoms with van der Waals surface area (Å²) < 4.78 is 2.10. The third-order valence-electron chi connectivity index (χ3n) is 5.97. The molecular formula is C25H26N6O. The second kappa shape index (κ2) is 8.34. The van der Waals surface area contributed by atoms with Crippen LogP contribution in [-0.4, -0.2) is 46.5 Å². The molecule has 1 aliphatic rings. The van der Waals surface area contributed by atoms with Crippen LogP contribution in [0.1, 0.15) is 21.5 Å². The summed E-state index contributed by atoms with van der Waals surface area (Å²) in [6.07, 6.45) is 5.48. The molecule has 32 heavy (non-hydrogen) atoms. The molecule has 1 aromatic carbocycles. The standard InChI is InChI=1S/C25H26N6O/c1-18-4-5-19(2)22(16-18)28-24(32)20-6-7-21-8-9-23(31(21)17-20)29-12-14-30(15-13-29)25-26-10-3-11-27-25/h3-11,16-17H,12-15H2,1-2H3,(H,28,32). The monoisotopic (exact) mass is 426 g/mol. The molecule has 7 heteroatoms. The minimum absolute atomic E-state index is 0.105. The van der Waals surface area contributed by atoms with Crippen LogP contribution in [0.15, 0.2) is 67.1 Å². The third-order valence-corrected chi connectivity index (χ3v) is 5.97. The molecule has 0 radical (unpaired) electrons. The van der Waals surface area contributed by atoms with Gasteiger partial charge in [0.05, 0.1) is 5.56 Å². The number of amides is 1. The molecule has 1 saturated heterocycles. The van der Waals surface area contributed by atoms with Crippen molar-refractivity contribution in [2.24, 2.45) is 0 Å². The van der Waals surface area contributed by atoms with Gasteiger partial charge in [-0.1, -0.05) is 12.1 Å². The highest BCUT2D eigenvalue weighted by Gasteiger charge is 2.21. The number of pyridine rings is 1. The van der Waals surface area contributed by atoms with Crippen molar-refractivity contribution in [3.8, 4) is 0 Å². The Kier molecular flexibility index (Phi) is 5.23. The molecule has 0 spiro atoms. The van der Waals surface area contributed by atoms with Crippen molar-refractivity contribution in [1.29, 1.82) is 0 Å². The summed E-state index contributed by atoms with van der Waals surface area (Å²) in [5, 5.41) is 3.06. The molecule has 0 bridgehead atoms. The van der Waals surface area contributed by atoms with Crippen molar-refractivity contribution in [2.75, 3.05) is 41.3 Å². The number of aromatic nitrogens is 3. The van der Waals surface area contributed by atoms with Crippen LogP contribution in [0.3, 0.4) is 0 Å². The molecule has 4 heterocycles. The van der Waals surface area contributed by atoms with Crippen molar-refractivity contribution in [3.05, 3.63) is 83.8 Å². The molecule has 0 aliphatic carbocycles. The zero-order valence-corrected chi connectivity index (χ0v) is 18.3. The number of benzene rings is 1. The first kappa shape index (κ1) is 20.1. The van der Waals surface area contributed by atoms with Gasteiger partial charge in [-0.05, 0) is 61.4 Å². The highest BCUT2D eigenvalue weighted by Crippen LogP contribution is 2.23. The van der Waals surface area contributed by atoms with Crippen LogP contribution >= 0.6 is 0 Å². The molecule has 4 aromatic rings. The fourth-order valence-corrected chi connectivity index (χ4v) is 4.13. The summed E-state index contributed by atoms with van der Waals surface area (Å²) in [6.45, 7) is 7.46. The number of nitrogens with one attached hydrogen (secondary N) is 1. The van der Waals surface area contributed by atoms with Crippen LogP contribution in [0.4, 0.5) is 17.5 Å². The molecule has 5 rings (SSSR count). The number of piperazine rings is 1. The fourth-order valence-electron chi connectivity index (χ4n) is 4.13.